The van der Waals surface area contributed by atoms with Gasteiger partial charge in [-0.2, -0.15) is 0 Å². The fourth-order valence-electron chi connectivity index (χ4n) is 3.93. The van der Waals surface area contributed by atoms with Crippen molar-refractivity contribution in [3.05, 3.63) is 40.8 Å². The van der Waals surface area contributed by atoms with Crippen molar-refractivity contribution in [2.45, 2.75) is 30.7 Å². The van der Waals surface area contributed by atoms with Crippen molar-refractivity contribution >= 4 is 11.0 Å². The van der Waals surface area contributed by atoms with E-state index < -0.39 is 48.5 Å². The summed E-state index contributed by atoms with van der Waals surface area (Å²) in [6.07, 6.45) is -6.60. The average Bonchev–Trinajstić information content (AvgIpc) is 3.26. The summed E-state index contributed by atoms with van der Waals surface area (Å²) < 4.78 is 27.4. The molecule has 6 N–H and O–H groups in total. The molecule has 0 saturated carbocycles. The number of hydrogen-bond acceptors (Lipinski definition) is 12. The molecule has 12 heteroatoms. The fourth-order valence-corrected chi connectivity index (χ4v) is 3.93. The summed E-state index contributed by atoms with van der Waals surface area (Å²) in [4.78, 5) is 13.2. The Kier molecular flexibility index (Phi) is 5.46. The van der Waals surface area contributed by atoms with Gasteiger partial charge in [0.05, 0.1) is 12.2 Å². The van der Waals surface area contributed by atoms with E-state index in [1.807, 2.05) is 0 Å². The lowest BCUT2D eigenvalue weighted by molar-refractivity contribution is -0.277. The van der Waals surface area contributed by atoms with E-state index in [0.29, 0.717) is 0 Å². The van der Waals surface area contributed by atoms with Gasteiger partial charge in [0.15, 0.2) is 11.5 Å². The number of phenols is 2. The first-order valence-electron chi connectivity index (χ1n) is 10.2. The SMILES string of the molecule is O=c1c(-c2cc3c(cc2OC2OC(CO)C(O)C(O)C2O)OCO3)coc2cc(O)cc(O)c12. The first kappa shape index (κ1) is 22.3. The number of hydrogen-bond donors (Lipinski definition) is 6. The topological polar surface area (TPSA) is 189 Å². The fraction of sp³-hybridized carbons (Fsp3) is 0.318. The highest BCUT2D eigenvalue weighted by Gasteiger charge is 2.45. The van der Waals surface area contributed by atoms with Crippen LogP contribution in [-0.4, -0.2) is 74.7 Å². The van der Waals surface area contributed by atoms with E-state index in [2.05, 4.69) is 0 Å². The Labute approximate surface area is 190 Å². The van der Waals surface area contributed by atoms with Crippen LogP contribution in [0.1, 0.15) is 0 Å². The Balaban J connectivity index is 1.62. The predicted molar refractivity (Wildman–Crippen MR) is 112 cm³/mol. The summed E-state index contributed by atoms with van der Waals surface area (Å²) in [6.45, 7) is -0.746. The van der Waals surface area contributed by atoms with Crippen LogP contribution in [-0.2, 0) is 4.74 Å². The minimum atomic E-state index is -1.70. The molecule has 2 aliphatic rings. The van der Waals surface area contributed by atoms with Crippen LogP contribution in [0.4, 0.5) is 0 Å². The van der Waals surface area contributed by atoms with Gasteiger partial charge in [0.2, 0.25) is 18.5 Å². The van der Waals surface area contributed by atoms with E-state index in [1.165, 1.54) is 18.2 Å². The third kappa shape index (κ3) is 3.57. The van der Waals surface area contributed by atoms with E-state index in [1.54, 1.807) is 0 Å². The molecule has 3 aromatic rings. The molecule has 0 spiro atoms. The number of phenolic OH excluding ortho intramolecular Hbond substituents is 2. The molecule has 0 radical (unpaired) electrons. The van der Waals surface area contributed by atoms with Crippen LogP contribution in [0.2, 0.25) is 0 Å². The van der Waals surface area contributed by atoms with Crippen LogP contribution < -0.4 is 19.6 Å². The molecular formula is C22H20O12. The molecule has 5 rings (SSSR count). The molecule has 5 atom stereocenters. The number of rotatable bonds is 4. The van der Waals surface area contributed by atoms with Crippen molar-refractivity contribution in [1.82, 2.24) is 0 Å². The molecule has 12 nitrogen and oxygen atoms in total. The van der Waals surface area contributed by atoms with Crippen molar-refractivity contribution in [1.29, 1.82) is 0 Å². The van der Waals surface area contributed by atoms with Gasteiger partial charge in [0, 0.05) is 23.8 Å². The summed E-state index contributed by atoms with van der Waals surface area (Å²) in [7, 11) is 0. The average molecular weight is 476 g/mol. The van der Waals surface area contributed by atoms with Gasteiger partial charge in [-0.15, -0.1) is 0 Å². The smallest absolute Gasteiger partial charge is 0.231 e. The lowest BCUT2D eigenvalue weighted by Gasteiger charge is -2.39. The number of aliphatic hydroxyl groups excluding tert-OH is 4. The largest absolute Gasteiger partial charge is 0.508 e. The minimum Gasteiger partial charge on any atom is -0.508 e. The third-order valence-corrected chi connectivity index (χ3v) is 5.70. The zero-order valence-corrected chi connectivity index (χ0v) is 17.3. The molecule has 0 bridgehead atoms. The van der Waals surface area contributed by atoms with Gasteiger partial charge in [0.1, 0.15) is 58.9 Å². The van der Waals surface area contributed by atoms with Gasteiger partial charge in [-0.3, -0.25) is 4.79 Å². The second-order valence-corrected chi connectivity index (χ2v) is 7.83. The molecule has 5 unspecified atom stereocenters. The normalized spacial score (nSPS) is 26.1. The molecule has 2 aliphatic heterocycles. The predicted octanol–water partition coefficient (Wildman–Crippen LogP) is -0.221. The second kappa shape index (κ2) is 8.34. The highest BCUT2D eigenvalue weighted by molar-refractivity contribution is 5.89. The maximum Gasteiger partial charge on any atom is 0.231 e. The Morgan fingerprint density at radius 1 is 0.941 bits per heavy atom. The van der Waals surface area contributed by atoms with Crippen molar-refractivity contribution in [3.63, 3.8) is 0 Å². The summed E-state index contributed by atoms with van der Waals surface area (Å²) in [5.41, 5.74) is -0.657. The van der Waals surface area contributed by atoms with E-state index in [0.717, 1.165) is 12.3 Å². The molecule has 2 aromatic carbocycles. The monoisotopic (exact) mass is 476 g/mol. The van der Waals surface area contributed by atoms with Crippen molar-refractivity contribution in [3.8, 4) is 39.9 Å². The summed E-state index contributed by atoms with van der Waals surface area (Å²) in [5.74, 6) is -0.288. The lowest BCUT2D eigenvalue weighted by atomic mass is 9.99. The standard InChI is InChI=1S/C22H20O12/c23-5-16-19(27)20(28)21(29)22(34-16)33-12-4-14-13(31-7-32-14)3-9(12)10-6-30-15-2-8(24)1-11(25)17(15)18(10)26/h1-4,6,16,19-25,27-29H,5,7H2. The van der Waals surface area contributed by atoms with Crippen LogP contribution in [0.15, 0.2) is 39.7 Å². The van der Waals surface area contributed by atoms with Crippen LogP contribution in [0.3, 0.4) is 0 Å². The zero-order chi connectivity index (χ0) is 24.1. The number of ether oxygens (including phenoxy) is 4. The maximum absolute atomic E-state index is 13.2. The van der Waals surface area contributed by atoms with E-state index >= 15 is 0 Å². The first-order valence-corrected chi connectivity index (χ1v) is 10.2. The van der Waals surface area contributed by atoms with Crippen molar-refractivity contribution in [2.75, 3.05) is 13.4 Å². The van der Waals surface area contributed by atoms with Gasteiger partial charge >= 0.3 is 0 Å². The second-order valence-electron chi connectivity index (χ2n) is 7.83. The van der Waals surface area contributed by atoms with Crippen LogP contribution in [0.5, 0.6) is 28.7 Å². The summed E-state index contributed by atoms with van der Waals surface area (Å²) in [6, 6.07) is 4.97. The molecule has 34 heavy (non-hydrogen) atoms. The quantitative estimate of drug-likeness (QED) is 0.291. The highest BCUT2D eigenvalue weighted by atomic mass is 16.7. The zero-order valence-electron chi connectivity index (χ0n) is 17.3. The first-order chi connectivity index (χ1) is 16.3. The van der Waals surface area contributed by atoms with Crippen LogP contribution >= 0.6 is 0 Å². The lowest BCUT2D eigenvalue weighted by Crippen LogP contribution is -2.60. The van der Waals surface area contributed by atoms with Crippen molar-refractivity contribution < 1.29 is 54.0 Å². The number of benzene rings is 2. The number of fused-ring (bicyclic) bond motifs is 2. The Bertz CT molecular complexity index is 1300. The molecule has 0 aliphatic carbocycles. The van der Waals surface area contributed by atoms with E-state index in [9.17, 15) is 35.4 Å². The number of aliphatic hydroxyl groups is 4. The molecule has 1 saturated heterocycles. The number of aromatic hydroxyl groups is 2. The van der Waals surface area contributed by atoms with E-state index in [4.69, 9.17) is 23.4 Å². The van der Waals surface area contributed by atoms with Crippen LogP contribution in [0, 0.1) is 0 Å². The summed E-state index contributed by atoms with van der Waals surface area (Å²) >= 11 is 0. The Hall–Kier alpha value is -3.55. The molecule has 3 heterocycles. The van der Waals surface area contributed by atoms with Gasteiger partial charge in [-0.25, -0.2) is 0 Å². The molecule has 1 aromatic heterocycles. The highest BCUT2D eigenvalue weighted by Crippen LogP contribution is 2.43. The molecule has 1 fully saturated rings. The third-order valence-electron chi connectivity index (χ3n) is 5.70. The minimum absolute atomic E-state index is 0.0431. The van der Waals surface area contributed by atoms with Gasteiger partial charge in [-0.05, 0) is 6.07 Å². The molecule has 180 valence electrons. The van der Waals surface area contributed by atoms with Crippen molar-refractivity contribution in [2.24, 2.45) is 0 Å². The van der Waals surface area contributed by atoms with Crippen LogP contribution in [0.25, 0.3) is 22.1 Å². The summed E-state index contributed by atoms with van der Waals surface area (Å²) in [5, 5.41) is 59.5. The Morgan fingerprint density at radius 2 is 1.68 bits per heavy atom. The maximum atomic E-state index is 13.2. The van der Waals surface area contributed by atoms with Gasteiger partial charge in [-0.1, -0.05) is 0 Å². The molecule has 0 amide bonds. The van der Waals surface area contributed by atoms with E-state index in [-0.39, 0.29) is 51.9 Å². The van der Waals surface area contributed by atoms with Gasteiger partial charge < -0.3 is 54.0 Å². The molecular weight excluding hydrogens is 456 g/mol. The van der Waals surface area contributed by atoms with Gasteiger partial charge in [0.25, 0.3) is 0 Å². The Morgan fingerprint density at radius 3 is 2.41 bits per heavy atom.